The van der Waals surface area contributed by atoms with Crippen molar-refractivity contribution in [3.63, 3.8) is 0 Å². The number of nitrogens with zero attached hydrogens (tertiary/aromatic N) is 1. The third-order valence-corrected chi connectivity index (χ3v) is 4.41. The molecule has 17 heavy (non-hydrogen) atoms. The highest BCUT2D eigenvalue weighted by Crippen LogP contribution is 2.49. The number of aryl methyl sites for hydroxylation is 1. The summed E-state index contributed by atoms with van der Waals surface area (Å²) in [5.41, 5.74) is 7.54. The first kappa shape index (κ1) is 11.2. The zero-order valence-corrected chi connectivity index (χ0v) is 10.1. The van der Waals surface area contributed by atoms with Crippen LogP contribution in [0.4, 0.5) is 0 Å². The van der Waals surface area contributed by atoms with Gasteiger partial charge in [0, 0.05) is 24.4 Å². The van der Waals surface area contributed by atoms with E-state index in [1.807, 2.05) is 12.3 Å². The second-order valence-electron chi connectivity index (χ2n) is 5.46. The Kier molecular flexibility index (Phi) is 2.68. The molecular weight excluding hydrogens is 212 g/mol. The van der Waals surface area contributed by atoms with Crippen LogP contribution in [0.3, 0.4) is 0 Å². The van der Waals surface area contributed by atoms with Gasteiger partial charge in [0.2, 0.25) is 0 Å². The fourth-order valence-corrected chi connectivity index (χ4v) is 3.27. The highest BCUT2D eigenvalue weighted by Gasteiger charge is 2.50. The van der Waals surface area contributed by atoms with Gasteiger partial charge in [0.25, 0.3) is 0 Å². The summed E-state index contributed by atoms with van der Waals surface area (Å²) in [6.07, 6.45) is 7.32. The summed E-state index contributed by atoms with van der Waals surface area (Å²) in [5.74, 6) is 0.537. The van der Waals surface area contributed by atoms with Crippen molar-refractivity contribution < 1.29 is 5.11 Å². The zero-order chi connectivity index (χ0) is 11.9. The maximum atomic E-state index is 10.9. The average Bonchev–Trinajstić information content (AvgIpc) is 3.22. The molecule has 3 heteroatoms. The van der Waals surface area contributed by atoms with Crippen molar-refractivity contribution in [1.82, 2.24) is 4.98 Å². The molecule has 92 valence electrons. The molecular formula is C14H20N2O. The first-order chi connectivity index (χ1) is 8.25. The van der Waals surface area contributed by atoms with E-state index in [2.05, 4.69) is 11.1 Å². The summed E-state index contributed by atoms with van der Waals surface area (Å²) in [6, 6.07) is 4.12. The van der Waals surface area contributed by atoms with E-state index < -0.39 is 5.60 Å². The van der Waals surface area contributed by atoms with Gasteiger partial charge in [-0.1, -0.05) is 6.07 Å². The molecule has 2 unspecified atom stereocenters. The van der Waals surface area contributed by atoms with Crippen molar-refractivity contribution in [2.24, 2.45) is 11.7 Å². The smallest absolute Gasteiger partial charge is 0.0880 e. The maximum Gasteiger partial charge on any atom is 0.0880 e. The van der Waals surface area contributed by atoms with Gasteiger partial charge in [0.1, 0.15) is 0 Å². The number of aliphatic hydroxyl groups is 1. The van der Waals surface area contributed by atoms with Crippen LogP contribution in [0.1, 0.15) is 42.9 Å². The number of aromatic nitrogens is 1. The molecule has 1 saturated carbocycles. The summed E-state index contributed by atoms with van der Waals surface area (Å²) in [4.78, 5) is 4.51. The lowest BCUT2D eigenvalue weighted by Gasteiger charge is -2.38. The first-order valence-corrected chi connectivity index (χ1v) is 6.62. The molecule has 3 N–H and O–H groups in total. The van der Waals surface area contributed by atoms with E-state index in [0.29, 0.717) is 12.5 Å². The van der Waals surface area contributed by atoms with E-state index in [1.165, 1.54) is 5.56 Å². The number of pyridine rings is 1. The van der Waals surface area contributed by atoms with Crippen LogP contribution < -0.4 is 5.73 Å². The number of nitrogens with two attached hydrogens (primary N) is 1. The predicted molar refractivity (Wildman–Crippen MR) is 66.6 cm³/mol. The zero-order valence-electron chi connectivity index (χ0n) is 10.1. The SMILES string of the molecule is NCC(O)(C1CC1)C1CCCc2cccnc21. The molecule has 0 radical (unpaired) electrons. The highest BCUT2D eigenvalue weighted by atomic mass is 16.3. The Hall–Kier alpha value is -0.930. The van der Waals surface area contributed by atoms with Gasteiger partial charge in [-0.2, -0.15) is 0 Å². The normalized spacial score (nSPS) is 27.3. The fraction of sp³-hybridized carbons (Fsp3) is 0.643. The Bertz CT molecular complexity index is 416. The largest absolute Gasteiger partial charge is 0.388 e. The second-order valence-corrected chi connectivity index (χ2v) is 5.46. The van der Waals surface area contributed by atoms with Gasteiger partial charge in [0.05, 0.1) is 5.60 Å². The molecule has 1 aromatic rings. The van der Waals surface area contributed by atoms with Gasteiger partial charge in [-0.05, 0) is 49.7 Å². The van der Waals surface area contributed by atoms with Crippen LogP contribution in [-0.2, 0) is 6.42 Å². The van der Waals surface area contributed by atoms with Crippen LogP contribution in [0.5, 0.6) is 0 Å². The Labute approximate surface area is 102 Å². The van der Waals surface area contributed by atoms with Crippen molar-refractivity contribution in [2.45, 2.75) is 43.6 Å². The summed E-state index contributed by atoms with van der Waals surface area (Å²) < 4.78 is 0. The van der Waals surface area contributed by atoms with E-state index in [1.54, 1.807) is 0 Å². The monoisotopic (exact) mass is 232 g/mol. The van der Waals surface area contributed by atoms with Gasteiger partial charge in [0.15, 0.2) is 0 Å². The van der Waals surface area contributed by atoms with Crippen LogP contribution >= 0.6 is 0 Å². The standard InChI is InChI=1S/C14H20N2O/c15-9-14(17,11-6-7-11)12-5-1-3-10-4-2-8-16-13(10)12/h2,4,8,11-12,17H,1,3,5-7,9,15H2. The third kappa shape index (κ3) is 1.78. The molecule has 1 heterocycles. The van der Waals surface area contributed by atoms with Crippen LogP contribution in [0.15, 0.2) is 18.3 Å². The topological polar surface area (TPSA) is 59.1 Å². The van der Waals surface area contributed by atoms with Crippen LogP contribution in [0.2, 0.25) is 0 Å². The van der Waals surface area contributed by atoms with E-state index >= 15 is 0 Å². The van der Waals surface area contributed by atoms with Crippen molar-refractivity contribution in [3.05, 3.63) is 29.6 Å². The van der Waals surface area contributed by atoms with Crippen molar-refractivity contribution in [3.8, 4) is 0 Å². The Morgan fingerprint density at radius 1 is 1.41 bits per heavy atom. The second kappa shape index (κ2) is 4.07. The molecule has 2 aliphatic rings. The predicted octanol–water partition coefficient (Wildman–Crippen LogP) is 1.60. The number of fused-ring (bicyclic) bond motifs is 1. The van der Waals surface area contributed by atoms with Gasteiger partial charge in [-0.25, -0.2) is 0 Å². The molecule has 0 saturated heterocycles. The van der Waals surface area contributed by atoms with Gasteiger partial charge < -0.3 is 10.8 Å². The van der Waals surface area contributed by atoms with Crippen LogP contribution in [0.25, 0.3) is 0 Å². The first-order valence-electron chi connectivity index (χ1n) is 6.62. The fourth-order valence-electron chi connectivity index (χ4n) is 3.27. The summed E-state index contributed by atoms with van der Waals surface area (Å²) in [7, 11) is 0. The number of hydrogen-bond donors (Lipinski definition) is 2. The lowest BCUT2D eigenvalue weighted by atomic mass is 9.73. The van der Waals surface area contributed by atoms with Crippen molar-refractivity contribution in [1.29, 1.82) is 0 Å². The molecule has 3 rings (SSSR count). The van der Waals surface area contributed by atoms with Gasteiger partial charge in [-0.3, -0.25) is 4.98 Å². The minimum Gasteiger partial charge on any atom is -0.388 e. The molecule has 3 nitrogen and oxygen atoms in total. The maximum absolute atomic E-state index is 10.9. The molecule has 2 aliphatic carbocycles. The summed E-state index contributed by atoms with van der Waals surface area (Å²) in [5, 5.41) is 10.9. The van der Waals surface area contributed by atoms with Crippen molar-refractivity contribution >= 4 is 0 Å². The summed E-state index contributed by atoms with van der Waals surface area (Å²) >= 11 is 0. The number of rotatable bonds is 3. The molecule has 0 aliphatic heterocycles. The minimum absolute atomic E-state index is 0.143. The molecule has 1 fully saturated rings. The van der Waals surface area contributed by atoms with E-state index in [4.69, 9.17) is 5.73 Å². The number of hydrogen-bond acceptors (Lipinski definition) is 3. The lowest BCUT2D eigenvalue weighted by Crippen LogP contribution is -2.47. The highest BCUT2D eigenvalue weighted by molar-refractivity contribution is 5.29. The van der Waals surface area contributed by atoms with Crippen LogP contribution in [-0.4, -0.2) is 22.2 Å². The molecule has 0 aromatic carbocycles. The van der Waals surface area contributed by atoms with E-state index in [-0.39, 0.29) is 5.92 Å². The van der Waals surface area contributed by atoms with Gasteiger partial charge >= 0.3 is 0 Å². The average molecular weight is 232 g/mol. The summed E-state index contributed by atoms with van der Waals surface area (Å²) in [6.45, 7) is 0.359. The van der Waals surface area contributed by atoms with Crippen molar-refractivity contribution in [2.75, 3.05) is 6.54 Å². The molecule has 0 spiro atoms. The third-order valence-electron chi connectivity index (χ3n) is 4.41. The Morgan fingerprint density at radius 3 is 2.94 bits per heavy atom. The van der Waals surface area contributed by atoms with E-state index in [0.717, 1.165) is 37.8 Å². The molecule has 0 amide bonds. The Balaban J connectivity index is 1.99. The molecule has 1 aromatic heterocycles. The lowest BCUT2D eigenvalue weighted by molar-refractivity contribution is -0.00800. The van der Waals surface area contributed by atoms with E-state index in [9.17, 15) is 5.11 Å². The minimum atomic E-state index is -0.719. The van der Waals surface area contributed by atoms with Gasteiger partial charge in [-0.15, -0.1) is 0 Å². The quantitative estimate of drug-likeness (QED) is 0.832. The Morgan fingerprint density at radius 2 is 2.24 bits per heavy atom. The molecule has 2 atom stereocenters. The van der Waals surface area contributed by atoms with Crippen LogP contribution in [0, 0.1) is 5.92 Å². The molecule has 0 bridgehead atoms.